The lowest BCUT2D eigenvalue weighted by atomic mass is 10.00. The van der Waals surface area contributed by atoms with Gasteiger partial charge in [0.05, 0.1) is 7.11 Å². The van der Waals surface area contributed by atoms with E-state index in [-0.39, 0.29) is 5.97 Å². The van der Waals surface area contributed by atoms with E-state index in [1.54, 1.807) is 17.4 Å². The Kier molecular flexibility index (Phi) is 4.49. The zero-order valence-corrected chi connectivity index (χ0v) is 13.6. The summed E-state index contributed by atoms with van der Waals surface area (Å²) in [6.07, 6.45) is -0.599. The molecule has 2 unspecified atom stereocenters. The summed E-state index contributed by atoms with van der Waals surface area (Å²) in [5, 5.41) is 12.8. The zero-order chi connectivity index (χ0) is 15.7. The third-order valence-electron chi connectivity index (χ3n) is 3.85. The Hall–Kier alpha value is -1.40. The number of hydrogen-bond donors (Lipinski definition) is 1. The molecule has 3 rings (SSSR count). The van der Waals surface area contributed by atoms with E-state index in [4.69, 9.17) is 16.3 Å². The van der Waals surface area contributed by atoms with Crippen molar-refractivity contribution in [3.63, 3.8) is 0 Å². The third kappa shape index (κ3) is 2.77. The van der Waals surface area contributed by atoms with Gasteiger partial charge >= 0.3 is 5.97 Å². The Morgan fingerprint density at radius 1 is 1.45 bits per heavy atom. The summed E-state index contributed by atoms with van der Waals surface area (Å²) < 4.78 is 4.96. The monoisotopic (exact) mass is 337 g/mol. The van der Waals surface area contributed by atoms with Crippen molar-refractivity contribution in [1.82, 2.24) is 4.90 Å². The highest BCUT2D eigenvalue weighted by atomic mass is 35.5. The van der Waals surface area contributed by atoms with E-state index in [2.05, 4.69) is 0 Å². The standard InChI is InChI=1S/C16H16ClNO3S/c1-21-16(20)14(11-4-2-3-5-12(11)17)18-8-10-6-7-22-15(10)13(19)9-18/h2-7,13-14,19H,8-9H2,1H3. The molecular formula is C16H16ClNO3S. The van der Waals surface area contributed by atoms with Gasteiger partial charge < -0.3 is 9.84 Å². The fraction of sp³-hybridized carbons (Fsp3) is 0.312. The quantitative estimate of drug-likeness (QED) is 0.874. The topological polar surface area (TPSA) is 49.8 Å². The van der Waals surface area contributed by atoms with Gasteiger partial charge in [0.2, 0.25) is 0 Å². The largest absolute Gasteiger partial charge is 0.468 e. The van der Waals surface area contributed by atoms with Gasteiger partial charge in [-0.15, -0.1) is 11.3 Å². The van der Waals surface area contributed by atoms with Crippen LogP contribution in [0.25, 0.3) is 0 Å². The molecule has 2 aromatic rings. The fourth-order valence-electron chi connectivity index (χ4n) is 2.84. The molecule has 0 fully saturated rings. The molecule has 0 spiro atoms. The van der Waals surface area contributed by atoms with E-state index in [0.717, 1.165) is 10.4 Å². The average Bonchev–Trinajstić information content (AvgIpc) is 2.98. The number of fused-ring (bicyclic) bond motifs is 1. The number of β-amino-alcohol motifs (C(OH)–C–C–N with tert-alkyl or cyclic N) is 1. The molecule has 0 bridgehead atoms. The SMILES string of the molecule is COC(=O)C(c1ccccc1Cl)N1Cc2ccsc2C(O)C1. The molecule has 0 amide bonds. The Balaban J connectivity index is 1.98. The lowest BCUT2D eigenvalue weighted by Crippen LogP contribution is -2.40. The summed E-state index contributed by atoms with van der Waals surface area (Å²) in [6, 6.07) is 8.59. The second-order valence-electron chi connectivity index (χ2n) is 5.20. The molecule has 0 radical (unpaired) electrons. The molecule has 1 N–H and O–H groups in total. The van der Waals surface area contributed by atoms with Crippen LogP contribution in [0.15, 0.2) is 35.7 Å². The van der Waals surface area contributed by atoms with Gasteiger partial charge in [-0.1, -0.05) is 29.8 Å². The first kappa shape index (κ1) is 15.5. The number of carbonyl (C=O) groups excluding carboxylic acids is 1. The van der Waals surface area contributed by atoms with Gasteiger partial charge in [0.25, 0.3) is 0 Å². The molecule has 6 heteroatoms. The number of carbonyl (C=O) groups is 1. The van der Waals surface area contributed by atoms with Crippen molar-refractivity contribution in [2.24, 2.45) is 0 Å². The molecule has 4 nitrogen and oxygen atoms in total. The van der Waals surface area contributed by atoms with Crippen molar-refractivity contribution in [2.75, 3.05) is 13.7 Å². The van der Waals surface area contributed by atoms with E-state index >= 15 is 0 Å². The minimum absolute atomic E-state index is 0.374. The highest BCUT2D eigenvalue weighted by Gasteiger charge is 2.35. The number of methoxy groups -OCH3 is 1. The van der Waals surface area contributed by atoms with E-state index in [9.17, 15) is 9.90 Å². The molecule has 116 valence electrons. The number of ether oxygens (including phenoxy) is 1. The second-order valence-corrected chi connectivity index (χ2v) is 6.56. The predicted octanol–water partition coefficient (Wildman–Crippen LogP) is 3.16. The molecule has 1 aromatic carbocycles. The molecule has 1 aromatic heterocycles. The van der Waals surface area contributed by atoms with Crippen molar-refractivity contribution in [1.29, 1.82) is 0 Å². The van der Waals surface area contributed by atoms with Crippen LogP contribution < -0.4 is 0 Å². The van der Waals surface area contributed by atoms with Gasteiger partial charge in [0.15, 0.2) is 0 Å². The van der Waals surface area contributed by atoms with Crippen molar-refractivity contribution in [3.05, 3.63) is 56.7 Å². The van der Waals surface area contributed by atoms with Crippen molar-refractivity contribution in [2.45, 2.75) is 18.7 Å². The number of aliphatic hydroxyl groups is 1. The lowest BCUT2D eigenvalue weighted by molar-refractivity contribution is -0.148. The van der Waals surface area contributed by atoms with Crippen LogP contribution in [0, 0.1) is 0 Å². The van der Waals surface area contributed by atoms with E-state index in [1.807, 2.05) is 34.5 Å². The summed E-state index contributed by atoms with van der Waals surface area (Å²) in [5.41, 5.74) is 1.74. The first-order valence-electron chi connectivity index (χ1n) is 6.92. The maximum Gasteiger partial charge on any atom is 0.327 e. The Labute approximate surface area is 137 Å². The van der Waals surface area contributed by atoms with Crippen molar-refractivity contribution < 1.29 is 14.6 Å². The summed E-state index contributed by atoms with van der Waals surface area (Å²) in [7, 11) is 1.36. The Morgan fingerprint density at radius 2 is 2.23 bits per heavy atom. The third-order valence-corrected chi connectivity index (χ3v) is 5.26. The van der Waals surface area contributed by atoms with Crippen LogP contribution in [0.5, 0.6) is 0 Å². The Bertz CT molecular complexity index is 688. The average molecular weight is 338 g/mol. The first-order valence-corrected chi connectivity index (χ1v) is 8.18. The van der Waals surface area contributed by atoms with E-state index < -0.39 is 12.1 Å². The number of rotatable bonds is 3. The Morgan fingerprint density at radius 3 is 2.95 bits per heavy atom. The summed E-state index contributed by atoms with van der Waals surface area (Å²) >= 11 is 7.80. The fourth-order valence-corrected chi connectivity index (χ4v) is 3.97. The summed E-state index contributed by atoms with van der Waals surface area (Å²) in [5.74, 6) is -0.376. The van der Waals surface area contributed by atoms with Gasteiger partial charge in [-0.2, -0.15) is 0 Å². The smallest absolute Gasteiger partial charge is 0.327 e. The maximum atomic E-state index is 12.3. The highest BCUT2D eigenvalue weighted by Crippen LogP contribution is 2.37. The molecular weight excluding hydrogens is 322 g/mol. The molecule has 2 heterocycles. The molecule has 0 aliphatic carbocycles. The van der Waals surface area contributed by atoms with Crippen molar-refractivity contribution in [3.8, 4) is 0 Å². The van der Waals surface area contributed by atoms with E-state index in [0.29, 0.717) is 23.7 Å². The number of nitrogens with zero attached hydrogens (tertiary/aromatic N) is 1. The minimum atomic E-state index is -0.624. The summed E-state index contributed by atoms with van der Waals surface area (Å²) in [4.78, 5) is 15.2. The van der Waals surface area contributed by atoms with Crippen molar-refractivity contribution >= 4 is 28.9 Å². The highest BCUT2D eigenvalue weighted by molar-refractivity contribution is 7.10. The number of aliphatic hydroxyl groups excluding tert-OH is 1. The van der Waals surface area contributed by atoms with Gasteiger partial charge in [-0.05, 0) is 28.6 Å². The van der Waals surface area contributed by atoms with Crippen LogP contribution >= 0.6 is 22.9 Å². The van der Waals surface area contributed by atoms with Gasteiger partial charge in [-0.25, -0.2) is 4.79 Å². The van der Waals surface area contributed by atoms with Crippen LogP contribution in [0.3, 0.4) is 0 Å². The van der Waals surface area contributed by atoms with Crippen LogP contribution in [0.2, 0.25) is 5.02 Å². The predicted molar refractivity (Wildman–Crippen MR) is 85.9 cm³/mol. The normalized spacial score (nSPS) is 19.5. The number of thiophene rings is 1. The number of hydrogen-bond acceptors (Lipinski definition) is 5. The molecule has 2 atom stereocenters. The second kappa shape index (κ2) is 6.38. The van der Waals surface area contributed by atoms with Crippen LogP contribution in [0.1, 0.15) is 28.1 Å². The van der Waals surface area contributed by atoms with Crippen LogP contribution in [-0.4, -0.2) is 29.6 Å². The molecule has 1 aliphatic rings. The molecule has 1 aliphatic heterocycles. The first-order chi connectivity index (χ1) is 10.6. The maximum absolute atomic E-state index is 12.3. The van der Waals surface area contributed by atoms with Crippen LogP contribution in [-0.2, 0) is 16.1 Å². The molecule has 0 saturated carbocycles. The van der Waals surface area contributed by atoms with Crippen LogP contribution in [0.4, 0.5) is 0 Å². The van der Waals surface area contributed by atoms with Gasteiger partial charge in [0.1, 0.15) is 12.1 Å². The van der Waals surface area contributed by atoms with Gasteiger partial charge in [-0.3, -0.25) is 4.90 Å². The van der Waals surface area contributed by atoms with E-state index in [1.165, 1.54) is 7.11 Å². The number of benzene rings is 1. The summed E-state index contributed by atoms with van der Waals surface area (Å²) in [6.45, 7) is 0.958. The molecule has 0 saturated heterocycles. The number of esters is 1. The molecule has 22 heavy (non-hydrogen) atoms. The van der Waals surface area contributed by atoms with Gasteiger partial charge in [0, 0.05) is 23.0 Å². The number of halogens is 1. The zero-order valence-electron chi connectivity index (χ0n) is 12.0. The minimum Gasteiger partial charge on any atom is -0.468 e. The lowest BCUT2D eigenvalue weighted by Gasteiger charge is -2.35.